The Balaban J connectivity index is 1.71. The average molecular weight is 406 g/mol. The van der Waals surface area contributed by atoms with Gasteiger partial charge in [0.05, 0.1) is 5.54 Å². The summed E-state index contributed by atoms with van der Waals surface area (Å²) in [7, 11) is -3.55. The van der Waals surface area contributed by atoms with Crippen LogP contribution in [-0.2, 0) is 21.4 Å². The van der Waals surface area contributed by atoms with E-state index < -0.39 is 15.7 Å². The molecule has 3 fully saturated rings. The maximum atomic E-state index is 13.7. The van der Waals surface area contributed by atoms with E-state index in [-0.39, 0.29) is 18.0 Å². The minimum Gasteiger partial charge on any atom is -0.349 e. The van der Waals surface area contributed by atoms with Gasteiger partial charge in [-0.15, -0.1) is 0 Å². The molecule has 1 amide bonds. The Morgan fingerprint density at radius 1 is 1.11 bits per heavy atom. The Bertz CT molecular complexity index is 807. The number of nitrogens with one attached hydrogen (secondary N) is 1. The van der Waals surface area contributed by atoms with Gasteiger partial charge in [0.2, 0.25) is 5.91 Å². The van der Waals surface area contributed by atoms with Gasteiger partial charge in [0, 0.05) is 31.6 Å². The summed E-state index contributed by atoms with van der Waals surface area (Å²) in [4.78, 5) is 12.4. The van der Waals surface area contributed by atoms with Crippen LogP contribution < -0.4 is 5.32 Å². The Morgan fingerprint density at radius 3 is 2.54 bits per heavy atom. The van der Waals surface area contributed by atoms with Crippen LogP contribution in [0.25, 0.3) is 0 Å². The third-order valence-electron chi connectivity index (χ3n) is 6.59. The summed E-state index contributed by atoms with van der Waals surface area (Å²) in [5.74, 6) is 0.0473. The second-order valence-electron chi connectivity index (χ2n) is 8.72. The zero-order chi connectivity index (χ0) is 19.8. The summed E-state index contributed by atoms with van der Waals surface area (Å²) in [6.45, 7) is 3.25. The molecule has 154 valence electrons. The number of nitrogens with zero attached hydrogens (tertiary/aromatic N) is 2. The van der Waals surface area contributed by atoms with E-state index in [4.69, 9.17) is 0 Å². The molecule has 1 aromatic rings. The van der Waals surface area contributed by atoms with Crippen molar-refractivity contribution >= 4 is 16.1 Å². The molecule has 7 heteroatoms. The van der Waals surface area contributed by atoms with Crippen LogP contribution >= 0.6 is 0 Å². The van der Waals surface area contributed by atoms with Gasteiger partial charge < -0.3 is 5.32 Å². The molecule has 0 saturated carbocycles. The lowest BCUT2D eigenvalue weighted by Crippen LogP contribution is -2.58. The Labute approximate surface area is 168 Å². The molecule has 0 spiro atoms. The summed E-state index contributed by atoms with van der Waals surface area (Å²) in [6, 6.07) is 9.76. The van der Waals surface area contributed by atoms with E-state index in [0.29, 0.717) is 32.4 Å². The molecule has 4 rings (SSSR count). The quantitative estimate of drug-likeness (QED) is 0.837. The van der Waals surface area contributed by atoms with E-state index in [0.717, 1.165) is 37.7 Å². The first kappa shape index (κ1) is 19.9. The molecule has 3 atom stereocenters. The van der Waals surface area contributed by atoms with Gasteiger partial charge in [0.1, 0.15) is 0 Å². The van der Waals surface area contributed by atoms with Crippen LogP contribution in [0.15, 0.2) is 30.3 Å². The van der Waals surface area contributed by atoms with Crippen molar-refractivity contribution in [1.29, 1.82) is 0 Å². The normalized spacial score (nSPS) is 32.5. The van der Waals surface area contributed by atoms with Gasteiger partial charge >= 0.3 is 0 Å². The lowest BCUT2D eigenvalue weighted by atomic mass is 9.86. The highest BCUT2D eigenvalue weighted by atomic mass is 32.2. The highest BCUT2D eigenvalue weighted by Gasteiger charge is 2.55. The van der Waals surface area contributed by atoms with E-state index >= 15 is 0 Å². The molecule has 3 aliphatic rings. The van der Waals surface area contributed by atoms with Crippen LogP contribution in [0.5, 0.6) is 0 Å². The fraction of sp³-hybridized carbons (Fsp3) is 0.667. The lowest BCUT2D eigenvalue weighted by molar-refractivity contribution is -0.123. The zero-order valence-corrected chi connectivity index (χ0v) is 17.5. The van der Waals surface area contributed by atoms with E-state index in [1.54, 1.807) is 8.61 Å². The Hall–Kier alpha value is -1.44. The van der Waals surface area contributed by atoms with Crippen LogP contribution in [0.1, 0.15) is 57.4 Å². The molecule has 28 heavy (non-hydrogen) atoms. The van der Waals surface area contributed by atoms with Gasteiger partial charge in [-0.3, -0.25) is 4.79 Å². The summed E-state index contributed by atoms with van der Waals surface area (Å²) < 4.78 is 30.7. The first-order valence-corrected chi connectivity index (χ1v) is 11.9. The first-order chi connectivity index (χ1) is 13.4. The molecule has 0 radical (unpaired) electrons. The number of carbonyl (C=O) groups excluding carboxylic acids is 1. The van der Waals surface area contributed by atoms with E-state index in [1.807, 2.05) is 25.1 Å². The van der Waals surface area contributed by atoms with Crippen molar-refractivity contribution in [2.45, 2.75) is 75.9 Å². The number of benzene rings is 1. The molecule has 1 aromatic carbocycles. The number of carbonyl (C=O) groups is 1. The Kier molecular flexibility index (Phi) is 5.51. The van der Waals surface area contributed by atoms with E-state index in [1.165, 1.54) is 0 Å². The van der Waals surface area contributed by atoms with Crippen molar-refractivity contribution in [2.24, 2.45) is 0 Å². The topological polar surface area (TPSA) is 69.7 Å². The minimum atomic E-state index is -3.55. The maximum absolute atomic E-state index is 13.7. The monoisotopic (exact) mass is 405 g/mol. The maximum Gasteiger partial charge on any atom is 0.282 e. The molecule has 0 aliphatic carbocycles. The van der Waals surface area contributed by atoms with Crippen molar-refractivity contribution < 1.29 is 13.2 Å². The van der Waals surface area contributed by atoms with Crippen molar-refractivity contribution in [3.63, 3.8) is 0 Å². The number of fused-ring (bicyclic) bond motifs is 1. The van der Waals surface area contributed by atoms with Gasteiger partial charge in [-0.2, -0.15) is 17.0 Å². The molecule has 1 N–H and O–H groups in total. The molecular formula is C21H31N3O3S. The van der Waals surface area contributed by atoms with Gasteiger partial charge in [-0.1, -0.05) is 36.8 Å². The van der Waals surface area contributed by atoms with Crippen LogP contribution in [-0.4, -0.2) is 53.6 Å². The Morgan fingerprint density at radius 2 is 1.82 bits per heavy atom. The van der Waals surface area contributed by atoms with Crippen LogP contribution in [0.2, 0.25) is 0 Å². The number of hydrogen-bond donors (Lipinski definition) is 1. The summed E-state index contributed by atoms with van der Waals surface area (Å²) in [5.41, 5.74) is 0.627. The van der Waals surface area contributed by atoms with E-state index in [2.05, 4.69) is 17.4 Å². The van der Waals surface area contributed by atoms with Gasteiger partial charge in [-0.05, 0) is 51.0 Å². The highest BCUT2D eigenvalue weighted by molar-refractivity contribution is 7.86. The molecule has 3 saturated heterocycles. The van der Waals surface area contributed by atoms with Gasteiger partial charge in [0.15, 0.2) is 0 Å². The average Bonchev–Trinajstić information content (AvgIpc) is 3.26. The summed E-state index contributed by atoms with van der Waals surface area (Å²) in [6.07, 6.45) is 6.22. The minimum absolute atomic E-state index is 0.0473. The molecule has 0 unspecified atom stereocenters. The third kappa shape index (κ3) is 3.72. The molecule has 3 heterocycles. The molecule has 0 aromatic heterocycles. The van der Waals surface area contributed by atoms with Crippen LogP contribution in [0, 0.1) is 0 Å². The second-order valence-corrected chi connectivity index (χ2v) is 10.6. The smallest absolute Gasteiger partial charge is 0.282 e. The highest BCUT2D eigenvalue weighted by Crippen LogP contribution is 2.41. The molecular weight excluding hydrogens is 374 g/mol. The fourth-order valence-corrected chi connectivity index (χ4v) is 7.46. The van der Waals surface area contributed by atoms with E-state index in [9.17, 15) is 13.2 Å². The standard InChI is InChI=1S/C21H31N3O3S/c1-21-16-18(15-17-9-3-2-4-10-17)24(28(26,27)23-13-7-8-14-23)19(21)11-5-6-12-20(25)22-21/h2-4,9-10,18-19H,5-8,11-16H2,1H3,(H,22,25)/t18-,19+,21+/m1/s1. The summed E-state index contributed by atoms with van der Waals surface area (Å²) in [5, 5.41) is 3.20. The molecule has 0 bridgehead atoms. The third-order valence-corrected chi connectivity index (χ3v) is 8.69. The van der Waals surface area contributed by atoms with Crippen molar-refractivity contribution in [2.75, 3.05) is 13.1 Å². The van der Waals surface area contributed by atoms with Crippen LogP contribution in [0.3, 0.4) is 0 Å². The van der Waals surface area contributed by atoms with Crippen LogP contribution in [0.4, 0.5) is 0 Å². The number of rotatable bonds is 4. The number of hydrogen-bond acceptors (Lipinski definition) is 3. The van der Waals surface area contributed by atoms with Crippen molar-refractivity contribution in [3.05, 3.63) is 35.9 Å². The van der Waals surface area contributed by atoms with Gasteiger partial charge in [0.25, 0.3) is 10.2 Å². The number of amides is 1. The van der Waals surface area contributed by atoms with Crippen molar-refractivity contribution in [3.8, 4) is 0 Å². The largest absolute Gasteiger partial charge is 0.349 e. The predicted molar refractivity (Wildman–Crippen MR) is 109 cm³/mol. The lowest BCUT2D eigenvalue weighted by Gasteiger charge is -2.38. The summed E-state index contributed by atoms with van der Waals surface area (Å²) >= 11 is 0. The van der Waals surface area contributed by atoms with Gasteiger partial charge in [-0.25, -0.2) is 0 Å². The SMILES string of the molecule is C[C@]12C[C@@H](Cc3ccccc3)N(S(=O)(=O)N3CCCC3)[C@H]1CCCCC(=O)N2. The van der Waals surface area contributed by atoms with Crippen molar-refractivity contribution in [1.82, 2.24) is 13.9 Å². The first-order valence-electron chi connectivity index (χ1n) is 10.5. The second kappa shape index (κ2) is 7.76. The molecule has 3 aliphatic heterocycles. The predicted octanol–water partition coefficient (Wildman–Crippen LogP) is 2.46. The molecule has 6 nitrogen and oxygen atoms in total. The fourth-order valence-electron chi connectivity index (χ4n) is 5.28. The zero-order valence-electron chi connectivity index (χ0n) is 16.6.